The van der Waals surface area contributed by atoms with Gasteiger partial charge in [-0.15, -0.1) is 0 Å². The van der Waals surface area contributed by atoms with E-state index in [0.717, 1.165) is 15.2 Å². The molecule has 0 aliphatic rings. The summed E-state index contributed by atoms with van der Waals surface area (Å²) in [7, 11) is 1.54. The van der Waals surface area contributed by atoms with Gasteiger partial charge in [0, 0.05) is 0 Å². The van der Waals surface area contributed by atoms with E-state index in [1.54, 1.807) is 13.2 Å². The first-order valence-corrected chi connectivity index (χ1v) is 6.05. The van der Waals surface area contributed by atoms with Gasteiger partial charge in [-0.3, -0.25) is 0 Å². The highest BCUT2D eigenvalue weighted by molar-refractivity contribution is 14.1. The molecule has 5 heteroatoms. The SMILES string of the molecule is CCOc1c(I)cc(/C=C/C(=O)[O-])cc1OC. The Labute approximate surface area is 113 Å². The van der Waals surface area contributed by atoms with Crippen molar-refractivity contribution in [2.75, 3.05) is 13.7 Å². The van der Waals surface area contributed by atoms with Crippen molar-refractivity contribution >= 4 is 34.6 Å². The second-order valence-electron chi connectivity index (χ2n) is 3.12. The minimum absolute atomic E-state index is 0.542. The standard InChI is InChI=1S/C12H13IO4/c1-3-17-12-9(13)6-8(4-5-11(14)15)7-10(12)16-2/h4-7H,3H2,1-2H3,(H,14,15)/p-1/b5-4+. The van der Waals surface area contributed by atoms with Gasteiger partial charge in [0.25, 0.3) is 0 Å². The number of methoxy groups -OCH3 is 1. The Bertz CT molecular complexity index is 440. The summed E-state index contributed by atoms with van der Waals surface area (Å²) in [6, 6.07) is 3.53. The summed E-state index contributed by atoms with van der Waals surface area (Å²) >= 11 is 2.11. The first kappa shape index (κ1) is 13.8. The molecule has 0 radical (unpaired) electrons. The lowest BCUT2D eigenvalue weighted by Crippen LogP contribution is -2.18. The van der Waals surface area contributed by atoms with E-state index in [0.29, 0.717) is 18.1 Å². The number of aliphatic carboxylic acids is 1. The largest absolute Gasteiger partial charge is 0.545 e. The van der Waals surface area contributed by atoms with Crippen LogP contribution in [0.25, 0.3) is 6.08 Å². The lowest BCUT2D eigenvalue weighted by molar-refractivity contribution is -0.297. The third-order valence-corrected chi connectivity index (χ3v) is 2.75. The van der Waals surface area contributed by atoms with Gasteiger partial charge in [0.15, 0.2) is 11.5 Å². The Hall–Kier alpha value is -1.24. The van der Waals surface area contributed by atoms with E-state index in [1.165, 1.54) is 6.08 Å². The van der Waals surface area contributed by atoms with Crippen LogP contribution in [0, 0.1) is 3.57 Å². The predicted octanol–water partition coefficient (Wildman–Crippen LogP) is 1.46. The normalized spacial score (nSPS) is 10.5. The summed E-state index contributed by atoms with van der Waals surface area (Å²) in [6.07, 6.45) is 2.43. The highest BCUT2D eigenvalue weighted by Crippen LogP contribution is 2.34. The first-order chi connectivity index (χ1) is 8.08. The van der Waals surface area contributed by atoms with Crippen molar-refractivity contribution in [2.45, 2.75) is 6.92 Å². The average Bonchev–Trinajstić information content (AvgIpc) is 2.29. The number of carbonyl (C=O) groups is 1. The molecule has 0 unspecified atom stereocenters. The van der Waals surface area contributed by atoms with Gasteiger partial charge in [0.1, 0.15) is 0 Å². The Balaban J connectivity index is 3.12. The van der Waals surface area contributed by atoms with E-state index in [2.05, 4.69) is 22.6 Å². The van der Waals surface area contributed by atoms with Crippen LogP contribution in [0.5, 0.6) is 11.5 Å². The number of carboxylic acid groups (broad SMARTS) is 1. The molecule has 0 amide bonds. The molecule has 17 heavy (non-hydrogen) atoms. The fraction of sp³-hybridized carbons (Fsp3) is 0.250. The van der Waals surface area contributed by atoms with Crippen molar-refractivity contribution in [2.24, 2.45) is 0 Å². The van der Waals surface area contributed by atoms with Crippen LogP contribution in [0.15, 0.2) is 18.2 Å². The molecule has 0 N–H and O–H groups in total. The van der Waals surface area contributed by atoms with E-state index in [-0.39, 0.29) is 0 Å². The summed E-state index contributed by atoms with van der Waals surface area (Å²) in [5.41, 5.74) is 0.721. The molecule has 92 valence electrons. The minimum atomic E-state index is -1.23. The maximum Gasteiger partial charge on any atom is 0.174 e. The predicted molar refractivity (Wildman–Crippen MR) is 70.9 cm³/mol. The van der Waals surface area contributed by atoms with Crippen LogP contribution in [0.1, 0.15) is 12.5 Å². The second kappa shape index (κ2) is 6.48. The third kappa shape index (κ3) is 3.92. The molecular weight excluding hydrogens is 335 g/mol. The molecule has 1 aromatic rings. The van der Waals surface area contributed by atoms with Gasteiger partial charge >= 0.3 is 0 Å². The summed E-state index contributed by atoms with van der Waals surface area (Å²) in [5, 5.41) is 10.3. The highest BCUT2D eigenvalue weighted by Gasteiger charge is 2.09. The molecule has 0 saturated heterocycles. The fourth-order valence-corrected chi connectivity index (χ4v) is 2.07. The lowest BCUT2D eigenvalue weighted by Gasteiger charge is -2.12. The average molecular weight is 347 g/mol. The van der Waals surface area contributed by atoms with Gasteiger partial charge in [-0.25, -0.2) is 0 Å². The van der Waals surface area contributed by atoms with Crippen LogP contribution >= 0.6 is 22.6 Å². The van der Waals surface area contributed by atoms with Crippen molar-refractivity contribution in [3.05, 3.63) is 27.3 Å². The molecule has 0 bridgehead atoms. The van der Waals surface area contributed by atoms with Crippen LogP contribution in [0.3, 0.4) is 0 Å². The Kier molecular flexibility index (Phi) is 5.27. The van der Waals surface area contributed by atoms with E-state index in [4.69, 9.17) is 9.47 Å². The summed E-state index contributed by atoms with van der Waals surface area (Å²) in [4.78, 5) is 10.3. The summed E-state index contributed by atoms with van der Waals surface area (Å²) < 4.78 is 11.5. The number of carbonyl (C=O) groups excluding carboxylic acids is 1. The van der Waals surface area contributed by atoms with Crippen molar-refractivity contribution in [1.29, 1.82) is 0 Å². The van der Waals surface area contributed by atoms with Gasteiger partial charge < -0.3 is 19.4 Å². The Morgan fingerprint density at radius 1 is 1.53 bits per heavy atom. The molecule has 0 aromatic heterocycles. The molecule has 1 aromatic carbocycles. The first-order valence-electron chi connectivity index (χ1n) is 4.97. The highest BCUT2D eigenvalue weighted by atomic mass is 127. The Morgan fingerprint density at radius 2 is 2.24 bits per heavy atom. The number of hydrogen-bond acceptors (Lipinski definition) is 4. The molecular formula is C12H12IO4-. The molecule has 4 nitrogen and oxygen atoms in total. The van der Waals surface area contributed by atoms with Gasteiger partial charge in [-0.1, -0.05) is 6.08 Å². The second-order valence-corrected chi connectivity index (χ2v) is 4.28. The van der Waals surface area contributed by atoms with Crippen molar-refractivity contribution < 1.29 is 19.4 Å². The topological polar surface area (TPSA) is 58.6 Å². The minimum Gasteiger partial charge on any atom is -0.545 e. The number of benzene rings is 1. The smallest absolute Gasteiger partial charge is 0.174 e. The van der Waals surface area contributed by atoms with Crippen molar-refractivity contribution in [3.63, 3.8) is 0 Å². The third-order valence-electron chi connectivity index (χ3n) is 1.95. The molecule has 0 atom stereocenters. The summed E-state index contributed by atoms with van der Waals surface area (Å²) in [6.45, 7) is 2.43. The zero-order valence-electron chi connectivity index (χ0n) is 9.53. The van der Waals surface area contributed by atoms with E-state index in [9.17, 15) is 9.90 Å². The van der Waals surface area contributed by atoms with Crippen LogP contribution in [0.4, 0.5) is 0 Å². The number of hydrogen-bond donors (Lipinski definition) is 0. The molecule has 0 aliphatic carbocycles. The van der Waals surface area contributed by atoms with Crippen LogP contribution in [-0.2, 0) is 4.79 Å². The van der Waals surface area contributed by atoms with Crippen LogP contribution in [0.2, 0.25) is 0 Å². The summed E-state index contributed by atoms with van der Waals surface area (Å²) in [5.74, 6) is 0.0193. The molecule has 0 saturated carbocycles. The molecule has 0 heterocycles. The number of halogens is 1. The zero-order valence-corrected chi connectivity index (χ0v) is 11.7. The maximum absolute atomic E-state index is 10.3. The van der Waals surface area contributed by atoms with Gasteiger partial charge in [0.2, 0.25) is 0 Å². The molecule has 0 spiro atoms. The lowest BCUT2D eigenvalue weighted by atomic mass is 10.2. The van der Waals surface area contributed by atoms with Gasteiger partial charge in [-0.05, 0) is 53.3 Å². The van der Waals surface area contributed by atoms with Crippen LogP contribution < -0.4 is 14.6 Å². The van der Waals surface area contributed by atoms with E-state index >= 15 is 0 Å². The van der Waals surface area contributed by atoms with Crippen molar-refractivity contribution in [1.82, 2.24) is 0 Å². The van der Waals surface area contributed by atoms with Gasteiger partial charge in [-0.2, -0.15) is 0 Å². The van der Waals surface area contributed by atoms with E-state index in [1.807, 2.05) is 13.0 Å². The number of carboxylic acids is 1. The monoisotopic (exact) mass is 347 g/mol. The Morgan fingerprint density at radius 3 is 2.76 bits per heavy atom. The number of ether oxygens (including phenoxy) is 2. The maximum atomic E-state index is 10.3. The quantitative estimate of drug-likeness (QED) is 0.598. The number of rotatable bonds is 5. The van der Waals surface area contributed by atoms with Crippen LogP contribution in [-0.4, -0.2) is 19.7 Å². The zero-order chi connectivity index (χ0) is 12.8. The molecule has 0 fully saturated rings. The van der Waals surface area contributed by atoms with Gasteiger partial charge in [0.05, 0.1) is 23.3 Å². The van der Waals surface area contributed by atoms with Crippen molar-refractivity contribution in [3.8, 4) is 11.5 Å². The van der Waals surface area contributed by atoms with E-state index < -0.39 is 5.97 Å². The molecule has 1 rings (SSSR count). The fourth-order valence-electron chi connectivity index (χ4n) is 1.28. The molecule has 0 aliphatic heterocycles.